The van der Waals surface area contributed by atoms with Crippen LogP contribution >= 0.6 is 11.3 Å². The topological polar surface area (TPSA) is 75.4 Å². The van der Waals surface area contributed by atoms with Crippen LogP contribution in [-0.4, -0.2) is 23.3 Å². The van der Waals surface area contributed by atoms with Crippen LogP contribution < -0.4 is 11.1 Å². The van der Waals surface area contributed by atoms with Gasteiger partial charge < -0.3 is 11.1 Å². The van der Waals surface area contributed by atoms with Gasteiger partial charge in [-0.15, -0.1) is 11.3 Å². The van der Waals surface area contributed by atoms with E-state index >= 15 is 0 Å². The Morgan fingerprint density at radius 2 is 1.78 bits per heavy atom. The third-order valence-corrected chi connectivity index (χ3v) is 7.60. The Labute approximate surface area is 192 Å². The molecule has 0 spiro atoms. The number of amides is 2. The lowest BCUT2D eigenvalue weighted by atomic mass is 9.90. The number of anilines is 1. The molecular formula is C26H27N3O2S. The molecule has 5 rings (SSSR count). The van der Waals surface area contributed by atoms with Crippen LogP contribution in [0.25, 0.3) is 0 Å². The molecule has 2 aliphatic rings. The summed E-state index contributed by atoms with van der Waals surface area (Å²) in [7, 11) is 0. The Bertz CT molecular complexity index is 1170. The summed E-state index contributed by atoms with van der Waals surface area (Å²) >= 11 is 1.48. The number of thiophene rings is 1. The summed E-state index contributed by atoms with van der Waals surface area (Å²) in [5.41, 5.74) is 11.7. The van der Waals surface area contributed by atoms with Crippen LogP contribution in [0.5, 0.6) is 0 Å². The van der Waals surface area contributed by atoms with E-state index in [2.05, 4.69) is 40.5 Å². The second-order valence-corrected chi connectivity index (χ2v) is 9.77. The van der Waals surface area contributed by atoms with Crippen LogP contribution in [0, 0.1) is 0 Å². The first-order valence-corrected chi connectivity index (χ1v) is 12.0. The summed E-state index contributed by atoms with van der Waals surface area (Å²) < 4.78 is 0. The molecule has 2 amide bonds. The lowest BCUT2D eigenvalue weighted by Crippen LogP contribution is -2.30. The van der Waals surface area contributed by atoms with E-state index in [1.165, 1.54) is 40.9 Å². The lowest BCUT2D eigenvalue weighted by Gasteiger charge is -2.27. The number of aryl methyl sites for hydroxylation is 2. The van der Waals surface area contributed by atoms with Crippen LogP contribution in [0.3, 0.4) is 0 Å². The van der Waals surface area contributed by atoms with Gasteiger partial charge in [0.1, 0.15) is 5.00 Å². The molecule has 1 aliphatic heterocycles. The van der Waals surface area contributed by atoms with E-state index in [1.54, 1.807) is 0 Å². The molecule has 0 saturated carbocycles. The fourth-order valence-electron chi connectivity index (χ4n) is 4.83. The number of rotatable bonds is 5. The van der Waals surface area contributed by atoms with E-state index in [1.807, 2.05) is 18.2 Å². The summed E-state index contributed by atoms with van der Waals surface area (Å²) in [5, 5.41) is 3.57. The number of hydrogen-bond donors (Lipinski definition) is 2. The Morgan fingerprint density at radius 1 is 1.00 bits per heavy atom. The van der Waals surface area contributed by atoms with Crippen LogP contribution in [0.2, 0.25) is 0 Å². The van der Waals surface area contributed by atoms with Crippen molar-refractivity contribution in [2.45, 2.75) is 45.2 Å². The van der Waals surface area contributed by atoms with Gasteiger partial charge in [-0.25, -0.2) is 0 Å². The number of fused-ring (bicyclic) bond motifs is 2. The van der Waals surface area contributed by atoms with Gasteiger partial charge in [0, 0.05) is 30.1 Å². The molecular weight excluding hydrogens is 418 g/mol. The Hall–Kier alpha value is -2.96. The standard InChI is InChI=1S/C26H27N3O2S/c27-24(30)23-21-12-13-29(15-17-6-2-1-3-7-17)16-22(21)32-26(23)28-25(31)20-11-10-18-8-4-5-9-19(18)14-20/h1-3,6-7,10-11,14H,4-5,8-9,12-13,15-16H2,(H2,27,30)(H,28,31). The van der Waals surface area contributed by atoms with E-state index in [4.69, 9.17) is 5.73 Å². The van der Waals surface area contributed by atoms with Gasteiger partial charge in [0.05, 0.1) is 5.56 Å². The molecule has 1 aromatic heterocycles. The van der Waals surface area contributed by atoms with E-state index in [9.17, 15) is 9.59 Å². The largest absolute Gasteiger partial charge is 0.365 e. The highest BCUT2D eigenvalue weighted by Crippen LogP contribution is 2.37. The highest BCUT2D eigenvalue weighted by atomic mass is 32.1. The zero-order valence-electron chi connectivity index (χ0n) is 18.0. The zero-order valence-corrected chi connectivity index (χ0v) is 18.8. The SMILES string of the molecule is NC(=O)c1c(NC(=O)c2ccc3c(c2)CCCC3)sc2c1CCN(Cc1ccccc1)C2. The molecule has 0 atom stereocenters. The van der Waals surface area contributed by atoms with Crippen molar-refractivity contribution < 1.29 is 9.59 Å². The van der Waals surface area contributed by atoms with Crippen LogP contribution in [-0.2, 0) is 32.4 Å². The summed E-state index contributed by atoms with van der Waals surface area (Å²) in [6.45, 7) is 2.47. The van der Waals surface area contributed by atoms with E-state index in [0.29, 0.717) is 16.1 Å². The summed E-state index contributed by atoms with van der Waals surface area (Å²) in [6.07, 6.45) is 5.24. The number of nitrogens with zero attached hydrogens (tertiary/aromatic N) is 1. The maximum absolute atomic E-state index is 13.0. The molecule has 2 aromatic carbocycles. The van der Waals surface area contributed by atoms with Crippen molar-refractivity contribution in [3.05, 3.63) is 86.8 Å². The smallest absolute Gasteiger partial charge is 0.256 e. The monoisotopic (exact) mass is 445 g/mol. The summed E-state index contributed by atoms with van der Waals surface area (Å²) in [5.74, 6) is -0.652. The summed E-state index contributed by atoms with van der Waals surface area (Å²) in [6, 6.07) is 16.3. The molecule has 1 aliphatic carbocycles. The number of nitrogens with two attached hydrogens (primary N) is 1. The van der Waals surface area contributed by atoms with Gasteiger partial charge in [0.15, 0.2) is 0 Å². The molecule has 32 heavy (non-hydrogen) atoms. The molecule has 3 N–H and O–H groups in total. The molecule has 2 heterocycles. The molecule has 164 valence electrons. The van der Waals surface area contributed by atoms with Crippen LogP contribution in [0.1, 0.15) is 60.7 Å². The normalized spacial score (nSPS) is 15.6. The fraction of sp³-hybridized carbons (Fsp3) is 0.308. The Balaban J connectivity index is 1.37. The predicted molar refractivity (Wildman–Crippen MR) is 128 cm³/mol. The average Bonchev–Trinajstić information content (AvgIpc) is 3.16. The average molecular weight is 446 g/mol. The first kappa shape index (κ1) is 20.9. The van der Waals surface area contributed by atoms with Crippen molar-refractivity contribution in [2.24, 2.45) is 5.73 Å². The maximum Gasteiger partial charge on any atom is 0.256 e. The number of carbonyl (C=O) groups is 2. The van der Waals surface area contributed by atoms with Crippen molar-refractivity contribution in [1.29, 1.82) is 0 Å². The van der Waals surface area contributed by atoms with Gasteiger partial charge in [-0.1, -0.05) is 36.4 Å². The van der Waals surface area contributed by atoms with E-state index in [-0.39, 0.29) is 5.91 Å². The third-order valence-electron chi connectivity index (χ3n) is 6.47. The molecule has 0 fully saturated rings. The number of benzene rings is 2. The van der Waals surface area contributed by atoms with Gasteiger partial charge in [0.25, 0.3) is 11.8 Å². The maximum atomic E-state index is 13.0. The number of nitrogens with one attached hydrogen (secondary N) is 1. The number of carbonyl (C=O) groups excluding carboxylic acids is 2. The fourth-order valence-corrected chi connectivity index (χ4v) is 6.12. The second-order valence-electron chi connectivity index (χ2n) is 8.66. The van der Waals surface area contributed by atoms with E-state index in [0.717, 1.165) is 49.3 Å². The van der Waals surface area contributed by atoms with Crippen molar-refractivity contribution in [3.63, 3.8) is 0 Å². The zero-order chi connectivity index (χ0) is 22.1. The predicted octanol–water partition coefficient (Wildman–Crippen LogP) is 4.54. The van der Waals surface area contributed by atoms with Gasteiger partial charge >= 0.3 is 0 Å². The van der Waals surface area contributed by atoms with Gasteiger partial charge in [-0.3, -0.25) is 14.5 Å². The highest BCUT2D eigenvalue weighted by Gasteiger charge is 2.28. The number of primary amides is 1. The quantitative estimate of drug-likeness (QED) is 0.606. The summed E-state index contributed by atoms with van der Waals surface area (Å²) in [4.78, 5) is 28.8. The molecule has 6 heteroatoms. The molecule has 5 nitrogen and oxygen atoms in total. The van der Waals surface area contributed by atoms with Gasteiger partial charge in [-0.2, -0.15) is 0 Å². The van der Waals surface area contributed by atoms with Crippen molar-refractivity contribution in [2.75, 3.05) is 11.9 Å². The Morgan fingerprint density at radius 3 is 2.56 bits per heavy atom. The Kier molecular flexibility index (Phi) is 5.81. The molecule has 0 saturated heterocycles. The minimum absolute atomic E-state index is 0.180. The molecule has 0 radical (unpaired) electrons. The molecule has 3 aromatic rings. The third kappa shape index (κ3) is 4.20. The second kappa shape index (κ2) is 8.88. The van der Waals surface area contributed by atoms with Crippen molar-refractivity contribution in [1.82, 2.24) is 4.90 Å². The van der Waals surface area contributed by atoms with E-state index < -0.39 is 5.91 Å². The first-order valence-electron chi connectivity index (χ1n) is 11.2. The highest BCUT2D eigenvalue weighted by molar-refractivity contribution is 7.17. The number of hydrogen-bond acceptors (Lipinski definition) is 4. The molecule has 0 unspecified atom stereocenters. The first-order chi connectivity index (χ1) is 15.6. The van der Waals surface area contributed by atoms with Crippen LogP contribution in [0.15, 0.2) is 48.5 Å². The van der Waals surface area contributed by atoms with Crippen LogP contribution in [0.4, 0.5) is 5.00 Å². The van der Waals surface area contributed by atoms with Crippen molar-refractivity contribution >= 4 is 28.2 Å². The lowest BCUT2D eigenvalue weighted by molar-refractivity contribution is 0.0999. The minimum Gasteiger partial charge on any atom is -0.365 e. The van der Waals surface area contributed by atoms with Crippen molar-refractivity contribution in [3.8, 4) is 0 Å². The van der Waals surface area contributed by atoms with Gasteiger partial charge in [0.2, 0.25) is 0 Å². The molecule has 0 bridgehead atoms. The minimum atomic E-state index is -0.472. The van der Waals surface area contributed by atoms with Gasteiger partial charge in [-0.05, 0) is 66.5 Å².